The van der Waals surface area contributed by atoms with Crippen molar-refractivity contribution in [2.45, 2.75) is 25.3 Å². The number of hydrogen-bond donors (Lipinski definition) is 1. The van der Waals surface area contributed by atoms with Crippen molar-refractivity contribution in [1.82, 2.24) is 14.9 Å². The number of para-hydroxylation sites is 2. The van der Waals surface area contributed by atoms with Gasteiger partial charge in [0.1, 0.15) is 11.6 Å². The molecule has 0 spiro atoms. The lowest BCUT2D eigenvalue weighted by atomic mass is 10.0. The molecule has 0 radical (unpaired) electrons. The molecule has 1 aliphatic heterocycles. The lowest BCUT2D eigenvalue weighted by Gasteiger charge is -2.35. The zero-order valence-electron chi connectivity index (χ0n) is 15.8. The van der Waals surface area contributed by atoms with Crippen molar-refractivity contribution in [3.8, 4) is 5.75 Å². The maximum Gasteiger partial charge on any atom is 0.145 e. The first-order valence-electron chi connectivity index (χ1n) is 9.67. The third-order valence-corrected chi connectivity index (χ3v) is 5.26. The number of ether oxygens (including phenoxy) is 1. The molecule has 0 amide bonds. The molecule has 1 saturated heterocycles. The number of fused-ring (bicyclic) bond motifs is 1. The Balaban J connectivity index is 1.53. The molecular weight excluding hydrogens is 336 g/mol. The van der Waals surface area contributed by atoms with Gasteiger partial charge in [-0.2, -0.15) is 0 Å². The van der Waals surface area contributed by atoms with Crippen molar-refractivity contribution in [3.05, 3.63) is 60.3 Å². The Hall–Kier alpha value is -2.66. The van der Waals surface area contributed by atoms with Gasteiger partial charge in [-0.05, 0) is 55.8 Å². The van der Waals surface area contributed by atoms with Crippen LogP contribution in [-0.4, -0.2) is 41.6 Å². The molecule has 1 atom stereocenters. The van der Waals surface area contributed by atoms with E-state index >= 15 is 0 Å². The minimum absolute atomic E-state index is 0.310. The van der Waals surface area contributed by atoms with Crippen LogP contribution in [0.25, 0.3) is 11.0 Å². The summed E-state index contributed by atoms with van der Waals surface area (Å²) < 4.78 is 5.32. The Morgan fingerprint density at radius 3 is 2.48 bits per heavy atom. The largest absolute Gasteiger partial charge is 0.497 e. The van der Waals surface area contributed by atoms with E-state index in [1.807, 2.05) is 42.6 Å². The Labute approximate surface area is 160 Å². The molecule has 0 aliphatic carbocycles. The standard InChI is InChI=1S/C22H26N4O/c1-27-18-11-9-17(10-12-18)21(26-13-5-2-6-14-26)15-24-22-16-23-19-7-3-4-8-20(19)25-22/h3-4,7-12,16,21H,2,5-6,13-15H2,1H3,(H,24,25)/t21-/m0/s1. The summed E-state index contributed by atoms with van der Waals surface area (Å²) in [5, 5.41) is 3.51. The molecule has 5 heteroatoms. The van der Waals surface area contributed by atoms with E-state index in [1.54, 1.807) is 7.11 Å². The first-order valence-corrected chi connectivity index (χ1v) is 9.67. The van der Waals surface area contributed by atoms with Crippen LogP contribution < -0.4 is 10.1 Å². The monoisotopic (exact) mass is 362 g/mol. The van der Waals surface area contributed by atoms with Crippen LogP contribution in [0.2, 0.25) is 0 Å². The highest BCUT2D eigenvalue weighted by Crippen LogP contribution is 2.26. The zero-order chi connectivity index (χ0) is 18.5. The first kappa shape index (κ1) is 17.7. The molecule has 2 aromatic carbocycles. The number of nitrogens with one attached hydrogen (secondary N) is 1. The molecule has 0 saturated carbocycles. The Morgan fingerprint density at radius 1 is 1.00 bits per heavy atom. The molecule has 3 aromatic rings. The number of nitrogens with zero attached hydrogens (tertiary/aromatic N) is 3. The lowest BCUT2D eigenvalue weighted by Crippen LogP contribution is -2.37. The van der Waals surface area contributed by atoms with Gasteiger partial charge in [0.2, 0.25) is 0 Å². The molecule has 27 heavy (non-hydrogen) atoms. The van der Waals surface area contributed by atoms with Gasteiger partial charge in [-0.25, -0.2) is 4.98 Å². The molecule has 1 N–H and O–H groups in total. The van der Waals surface area contributed by atoms with Crippen LogP contribution in [0, 0.1) is 0 Å². The summed E-state index contributed by atoms with van der Waals surface area (Å²) >= 11 is 0. The first-order chi connectivity index (χ1) is 13.3. The van der Waals surface area contributed by atoms with Crippen LogP contribution in [0.5, 0.6) is 5.75 Å². The van der Waals surface area contributed by atoms with Crippen LogP contribution >= 0.6 is 0 Å². The molecule has 1 fully saturated rings. The van der Waals surface area contributed by atoms with Crippen molar-refractivity contribution in [2.24, 2.45) is 0 Å². The Bertz CT molecular complexity index is 875. The number of anilines is 1. The van der Waals surface area contributed by atoms with Gasteiger partial charge in [-0.3, -0.25) is 9.88 Å². The van der Waals surface area contributed by atoms with Crippen molar-refractivity contribution < 1.29 is 4.74 Å². The quantitative estimate of drug-likeness (QED) is 0.709. The molecular formula is C22H26N4O. The number of benzene rings is 2. The second-order valence-corrected chi connectivity index (χ2v) is 7.01. The lowest BCUT2D eigenvalue weighted by molar-refractivity contribution is 0.170. The predicted octanol–water partition coefficient (Wildman–Crippen LogP) is 4.28. The van der Waals surface area contributed by atoms with Crippen molar-refractivity contribution in [2.75, 3.05) is 32.1 Å². The number of methoxy groups -OCH3 is 1. The predicted molar refractivity (Wildman–Crippen MR) is 109 cm³/mol. The summed E-state index contributed by atoms with van der Waals surface area (Å²) in [6.07, 6.45) is 5.68. The maximum atomic E-state index is 5.32. The van der Waals surface area contributed by atoms with E-state index in [-0.39, 0.29) is 0 Å². The SMILES string of the molecule is COc1ccc([C@H](CNc2cnc3ccccc3n2)N2CCCCC2)cc1. The number of aromatic nitrogens is 2. The van der Waals surface area contributed by atoms with Gasteiger partial charge < -0.3 is 10.1 Å². The van der Waals surface area contributed by atoms with E-state index in [0.29, 0.717) is 6.04 Å². The number of rotatable bonds is 6. The molecule has 4 rings (SSSR count). The van der Waals surface area contributed by atoms with Gasteiger partial charge in [0.15, 0.2) is 0 Å². The minimum Gasteiger partial charge on any atom is -0.497 e. The molecule has 0 unspecified atom stereocenters. The van der Waals surface area contributed by atoms with E-state index in [1.165, 1.54) is 24.8 Å². The minimum atomic E-state index is 0.310. The Kier molecular flexibility index (Phi) is 5.49. The summed E-state index contributed by atoms with van der Waals surface area (Å²) in [5.41, 5.74) is 3.14. The highest BCUT2D eigenvalue weighted by atomic mass is 16.5. The topological polar surface area (TPSA) is 50.3 Å². The van der Waals surface area contributed by atoms with Gasteiger partial charge in [-0.1, -0.05) is 30.7 Å². The summed E-state index contributed by atoms with van der Waals surface area (Å²) in [6, 6.07) is 16.7. The molecule has 1 aliphatic rings. The fraction of sp³-hybridized carbons (Fsp3) is 0.364. The van der Waals surface area contributed by atoms with E-state index in [4.69, 9.17) is 9.72 Å². The summed E-state index contributed by atoms with van der Waals surface area (Å²) in [4.78, 5) is 11.8. The van der Waals surface area contributed by atoms with Crippen LogP contribution in [0.15, 0.2) is 54.7 Å². The highest BCUT2D eigenvalue weighted by Gasteiger charge is 2.22. The summed E-state index contributed by atoms with van der Waals surface area (Å²) in [5.74, 6) is 1.72. The zero-order valence-corrected chi connectivity index (χ0v) is 15.8. The van der Waals surface area contributed by atoms with Gasteiger partial charge in [0.05, 0.1) is 30.4 Å². The van der Waals surface area contributed by atoms with E-state index in [2.05, 4.69) is 27.3 Å². The van der Waals surface area contributed by atoms with E-state index in [0.717, 1.165) is 42.2 Å². The third kappa shape index (κ3) is 4.19. The van der Waals surface area contributed by atoms with Crippen molar-refractivity contribution in [1.29, 1.82) is 0 Å². The fourth-order valence-electron chi connectivity index (χ4n) is 3.76. The van der Waals surface area contributed by atoms with Gasteiger partial charge in [-0.15, -0.1) is 0 Å². The molecule has 2 heterocycles. The molecule has 0 bridgehead atoms. The van der Waals surface area contributed by atoms with Crippen LogP contribution in [0.3, 0.4) is 0 Å². The number of piperidine rings is 1. The molecule has 1 aromatic heterocycles. The van der Waals surface area contributed by atoms with Gasteiger partial charge >= 0.3 is 0 Å². The van der Waals surface area contributed by atoms with E-state index in [9.17, 15) is 0 Å². The van der Waals surface area contributed by atoms with Crippen LogP contribution in [0.1, 0.15) is 30.9 Å². The Morgan fingerprint density at radius 2 is 1.74 bits per heavy atom. The van der Waals surface area contributed by atoms with Crippen LogP contribution in [0.4, 0.5) is 5.82 Å². The van der Waals surface area contributed by atoms with E-state index < -0.39 is 0 Å². The van der Waals surface area contributed by atoms with Gasteiger partial charge in [0.25, 0.3) is 0 Å². The second kappa shape index (κ2) is 8.35. The average Bonchev–Trinajstić information content (AvgIpc) is 2.75. The number of likely N-dealkylation sites (tertiary alicyclic amines) is 1. The highest BCUT2D eigenvalue weighted by molar-refractivity contribution is 5.75. The second-order valence-electron chi connectivity index (χ2n) is 7.01. The maximum absolute atomic E-state index is 5.32. The summed E-state index contributed by atoms with van der Waals surface area (Å²) in [7, 11) is 1.71. The van der Waals surface area contributed by atoms with Crippen molar-refractivity contribution >= 4 is 16.9 Å². The third-order valence-electron chi connectivity index (χ3n) is 5.26. The smallest absolute Gasteiger partial charge is 0.145 e. The van der Waals surface area contributed by atoms with Crippen LogP contribution in [-0.2, 0) is 0 Å². The van der Waals surface area contributed by atoms with Crippen molar-refractivity contribution in [3.63, 3.8) is 0 Å². The van der Waals surface area contributed by atoms with Gasteiger partial charge in [0, 0.05) is 6.54 Å². The molecule has 5 nitrogen and oxygen atoms in total. The summed E-state index contributed by atoms with van der Waals surface area (Å²) in [6.45, 7) is 3.09. The number of hydrogen-bond acceptors (Lipinski definition) is 5. The average molecular weight is 362 g/mol. The molecule has 140 valence electrons. The normalized spacial score (nSPS) is 16.2. The fourth-order valence-corrected chi connectivity index (χ4v) is 3.76.